The molecular weight excluding hydrogens is 250 g/mol. The molecule has 1 amide bonds. The molecule has 1 unspecified atom stereocenters. The number of phenols is 1. The van der Waals surface area contributed by atoms with E-state index in [1.54, 1.807) is 25.1 Å². The Morgan fingerprint density at radius 1 is 1.50 bits per heavy atom. The fourth-order valence-corrected chi connectivity index (χ4v) is 2.14. The molecule has 1 aromatic carbocycles. The Morgan fingerprint density at radius 3 is 2.72 bits per heavy atom. The first-order valence-electron chi connectivity index (χ1n) is 6.10. The normalized spacial score (nSPS) is 14.0. The van der Waals surface area contributed by atoms with Crippen LogP contribution in [0.25, 0.3) is 0 Å². The van der Waals surface area contributed by atoms with Crippen molar-refractivity contribution in [3.8, 4) is 5.75 Å². The number of benzene rings is 1. The predicted molar refractivity (Wildman–Crippen MR) is 74.3 cm³/mol. The Labute approximate surface area is 113 Å². The molecule has 0 aromatic heterocycles. The van der Waals surface area contributed by atoms with Gasteiger partial charge in [-0.3, -0.25) is 4.79 Å². The van der Waals surface area contributed by atoms with Gasteiger partial charge in [0.15, 0.2) is 0 Å². The highest BCUT2D eigenvalue weighted by atomic mass is 35.5. The number of hydrogen-bond donors (Lipinski definition) is 2. The highest BCUT2D eigenvalue weighted by Gasteiger charge is 2.25. The third kappa shape index (κ3) is 3.39. The number of rotatable bonds is 5. The molecule has 1 rings (SSSR count). The Balaban J connectivity index is 2.91. The number of aromatic hydroxyl groups is 1. The number of nitrogens with one attached hydrogen (secondary N) is 1. The molecule has 0 saturated carbocycles. The Bertz CT molecular complexity index is 434. The van der Waals surface area contributed by atoms with Crippen molar-refractivity contribution in [3.63, 3.8) is 0 Å². The summed E-state index contributed by atoms with van der Waals surface area (Å²) in [4.78, 5) is 12.2. The molecule has 18 heavy (non-hydrogen) atoms. The van der Waals surface area contributed by atoms with Gasteiger partial charge in [0.2, 0.25) is 0 Å². The van der Waals surface area contributed by atoms with Crippen LogP contribution in [-0.4, -0.2) is 22.4 Å². The lowest BCUT2D eigenvalue weighted by Crippen LogP contribution is -2.45. The lowest BCUT2D eigenvalue weighted by molar-refractivity contribution is 0.0898. The Kier molecular flexibility index (Phi) is 5.03. The van der Waals surface area contributed by atoms with E-state index in [0.29, 0.717) is 23.4 Å². The van der Waals surface area contributed by atoms with Crippen LogP contribution < -0.4 is 5.32 Å². The minimum Gasteiger partial charge on any atom is -0.507 e. The molecule has 1 atom stereocenters. The molecule has 4 heteroatoms. The Morgan fingerprint density at radius 2 is 2.17 bits per heavy atom. The molecule has 2 N–H and O–H groups in total. The van der Waals surface area contributed by atoms with Gasteiger partial charge in [0, 0.05) is 11.4 Å². The van der Waals surface area contributed by atoms with Gasteiger partial charge >= 0.3 is 0 Å². The van der Waals surface area contributed by atoms with E-state index < -0.39 is 0 Å². The van der Waals surface area contributed by atoms with Crippen LogP contribution in [0.1, 0.15) is 42.6 Å². The first-order chi connectivity index (χ1) is 8.43. The molecule has 0 saturated heterocycles. The first kappa shape index (κ1) is 14.8. The van der Waals surface area contributed by atoms with E-state index in [2.05, 4.69) is 5.32 Å². The molecule has 0 heterocycles. The molecule has 0 radical (unpaired) electrons. The highest BCUT2D eigenvalue weighted by Crippen LogP contribution is 2.23. The van der Waals surface area contributed by atoms with Gasteiger partial charge < -0.3 is 10.4 Å². The average Bonchev–Trinajstić information content (AvgIpc) is 2.32. The zero-order chi connectivity index (χ0) is 13.8. The van der Waals surface area contributed by atoms with E-state index in [1.165, 1.54) is 0 Å². The van der Waals surface area contributed by atoms with Gasteiger partial charge in [-0.2, -0.15) is 0 Å². The fourth-order valence-electron chi connectivity index (χ4n) is 1.72. The zero-order valence-corrected chi connectivity index (χ0v) is 11.8. The number of aryl methyl sites for hydroxylation is 1. The molecule has 1 aromatic rings. The van der Waals surface area contributed by atoms with Crippen LogP contribution in [0.15, 0.2) is 18.2 Å². The predicted octanol–water partition coefficient (Wildman–Crippen LogP) is 3.23. The SMILES string of the molecule is CCC(C)(CCCl)NC(=O)c1cccc(C)c1O. The largest absolute Gasteiger partial charge is 0.507 e. The monoisotopic (exact) mass is 269 g/mol. The molecule has 3 nitrogen and oxygen atoms in total. The van der Waals surface area contributed by atoms with Crippen molar-refractivity contribution in [2.75, 3.05) is 5.88 Å². The smallest absolute Gasteiger partial charge is 0.255 e. The molecule has 0 aliphatic rings. The summed E-state index contributed by atoms with van der Waals surface area (Å²) in [6.45, 7) is 5.73. The van der Waals surface area contributed by atoms with Gasteiger partial charge in [0.05, 0.1) is 5.56 Å². The lowest BCUT2D eigenvalue weighted by Gasteiger charge is -2.29. The van der Waals surface area contributed by atoms with Crippen LogP contribution in [0, 0.1) is 6.92 Å². The summed E-state index contributed by atoms with van der Waals surface area (Å²) in [6, 6.07) is 5.15. The van der Waals surface area contributed by atoms with E-state index in [0.717, 1.165) is 6.42 Å². The van der Waals surface area contributed by atoms with Crippen molar-refractivity contribution in [1.82, 2.24) is 5.32 Å². The summed E-state index contributed by atoms with van der Waals surface area (Å²) in [5.74, 6) is 0.273. The summed E-state index contributed by atoms with van der Waals surface area (Å²) in [7, 11) is 0. The van der Waals surface area contributed by atoms with E-state index in [4.69, 9.17) is 11.6 Å². The van der Waals surface area contributed by atoms with Gasteiger partial charge in [-0.15, -0.1) is 11.6 Å². The molecular formula is C14H20ClNO2. The summed E-state index contributed by atoms with van der Waals surface area (Å²) in [5, 5.41) is 12.8. The third-order valence-corrected chi connectivity index (χ3v) is 3.51. The summed E-state index contributed by atoms with van der Waals surface area (Å²) >= 11 is 5.75. The molecule has 0 aliphatic heterocycles. The minimum atomic E-state index is -0.338. The van der Waals surface area contributed by atoms with Crippen LogP contribution in [-0.2, 0) is 0 Å². The molecule has 0 bridgehead atoms. The van der Waals surface area contributed by atoms with Gasteiger partial charge in [0.1, 0.15) is 5.75 Å². The van der Waals surface area contributed by atoms with Crippen molar-refractivity contribution in [2.45, 2.75) is 39.2 Å². The van der Waals surface area contributed by atoms with Gasteiger partial charge in [-0.1, -0.05) is 19.1 Å². The van der Waals surface area contributed by atoms with Crippen molar-refractivity contribution in [3.05, 3.63) is 29.3 Å². The Hall–Kier alpha value is -1.22. The molecule has 0 fully saturated rings. The molecule has 0 spiro atoms. The number of carbonyl (C=O) groups is 1. The van der Waals surface area contributed by atoms with Gasteiger partial charge in [-0.05, 0) is 38.3 Å². The van der Waals surface area contributed by atoms with Crippen LogP contribution in [0.3, 0.4) is 0 Å². The van der Waals surface area contributed by atoms with E-state index in [1.807, 2.05) is 13.8 Å². The quantitative estimate of drug-likeness (QED) is 0.807. The number of para-hydroxylation sites is 1. The maximum absolute atomic E-state index is 12.2. The number of hydrogen-bond acceptors (Lipinski definition) is 2. The number of halogens is 1. The van der Waals surface area contributed by atoms with E-state index in [-0.39, 0.29) is 17.2 Å². The summed E-state index contributed by atoms with van der Waals surface area (Å²) in [5.41, 5.74) is 0.664. The van der Waals surface area contributed by atoms with Gasteiger partial charge in [0.25, 0.3) is 5.91 Å². The average molecular weight is 270 g/mol. The van der Waals surface area contributed by atoms with Crippen LogP contribution >= 0.6 is 11.6 Å². The summed E-state index contributed by atoms with van der Waals surface area (Å²) < 4.78 is 0. The van der Waals surface area contributed by atoms with Crippen molar-refractivity contribution < 1.29 is 9.90 Å². The van der Waals surface area contributed by atoms with Crippen molar-refractivity contribution in [1.29, 1.82) is 0 Å². The van der Waals surface area contributed by atoms with Crippen LogP contribution in [0.5, 0.6) is 5.75 Å². The second kappa shape index (κ2) is 6.10. The second-order valence-electron chi connectivity index (χ2n) is 4.78. The fraction of sp³-hybridized carbons (Fsp3) is 0.500. The van der Waals surface area contributed by atoms with Crippen LogP contribution in [0.4, 0.5) is 0 Å². The second-order valence-corrected chi connectivity index (χ2v) is 5.16. The highest BCUT2D eigenvalue weighted by molar-refractivity contribution is 6.17. The standard InChI is InChI=1S/C14H20ClNO2/c1-4-14(3,8-9-15)16-13(18)11-7-5-6-10(2)12(11)17/h5-7,17H,4,8-9H2,1-3H3,(H,16,18). The summed E-state index contributed by atoms with van der Waals surface area (Å²) in [6.07, 6.45) is 1.49. The van der Waals surface area contributed by atoms with Crippen molar-refractivity contribution in [2.24, 2.45) is 0 Å². The lowest BCUT2D eigenvalue weighted by atomic mass is 9.94. The number of phenolic OH excluding ortho intramolecular Hbond substituents is 1. The topological polar surface area (TPSA) is 49.3 Å². The van der Waals surface area contributed by atoms with Crippen LogP contribution in [0.2, 0.25) is 0 Å². The molecule has 0 aliphatic carbocycles. The van der Waals surface area contributed by atoms with E-state index >= 15 is 0 Å². The zero-order valence-electron chi connectivity index (χ0n) is 11.1. The number of amides is 1. The minimum absolute atomic E-state index is 0.0410. The first-order valence-corrected chi connectivity index (χ1v) is 6.64. The maximum atomic E-state index is 12.2. The number of carbonyl (C=O) groups excluding carboxylic acids is 1. The maximum Gasteiger partial charge on any atom is 0.255 e. The van der Waals surface area contributed by atoms with Crippen molar-refractivity contribution >= 4 is 17.5 Å². The van der Waals surface area contributed by atoms with Gasteiger partial charge in [-0.25, -0.2) is 0 Å². The third-order valence-electron chi connectivity index (χ3n) is 3.32. The number of alkyl halides is 1. The van der Waals surface area contributed by atoms with E-state index in [9.17, 15) is 9.90 Å². The molecule has 100 valence electrons.